The second-order valence-electron chi connectivity index (χ2n) is 3.09. The molecule has 0 bridgehead atoms. The fraction of sp³-hybridized carbons (Fsp3) is 0.625. The third-order valence-corrected chi connectivity index (χ3v) is 1.94. The summed E-state index contributed by atoms with van der Waals surface area (Å²) < 4.78 is 0. The SMILES string of the molecule is CC(C)N(CCO)c1cnnc(Cl)n1. The van der Waals surface area contributed by atoms with Crippen molar-refractivity contribution in [2.24, 2.45) is 0 Å². The summed E-state index contributed by atoms with van der Waals surface area (Å²) in [5.74, 6) is 0.633. The Kier molecular flexibility index (Phi) is 4.03. The van der Waals surface area contributed by atoms with Crippen molar-refractivity contribution in [3.63, 3.8) is 0 Å². The highest BCUT2D eigenvalue weighted by atomic mass is 35.5. The van der Waals surface area contributed by atoms with Gasteiger partial charge in [0.1, 0.15) is 0 Å². The molecule has 0 aliphatic heterocycles. The van der Waals surface area contributed by atoms with E-state index in [0.29, 0.717) is 12.4 Å². The van der Waals surface area contributed by atoms with Gasteiger partial charge < -0.3 is 10.0 Å². The summed E-state index contributed by atoms with van der Waals surface area (Å²) in [4.78, 5) is 5.92. The Bertz CT molecular complexity index is 294. The van der Waals surface area contributed by atoms with E-state index < -0.39 is 0 Å². The second kappa shape index (κ2) is 5.07. The van der Waals surface area contributed by atoms with Crippen LogP contribution in [-0.2, 0) is 0 Å². The highest BCUT2D eigenvalue weighted by molar-refractivity contribution is 6.28. The molecular formula is C8H13ClN4O. The lowest BCUT2D eigenvalue weighted by atomic mass is 10.3. The van der Waals surface area contributed by atoms with Gasteiger partial charge >= 0.3 is 0 Å². The van der Waals surface area contributed by atoms with Crippen molar-refractivity contribution in [3.8, 4) is 0 Å². The lowest BCUT2D eigenvalue weighted by Gasteiger charge is -2.26. The van der Waals surface area contributed by atoms with E-state index in [0.717, 1.165) is 0 Å². The fourth-order valence-corrected chi connectivity index (χ4v) is 1.29. The Morgan fingerprint density at radius 3 is 2.79 bits per heavy atom. The predicted octanol–water partition coefficient (Wildman–Crippen LogP) is 0.732. The third kappa shape index (κ3) is 2.78. The van der Waals surface area contributed by atoms with Crippen LogP contribution in [0.1, 0.15) is 13.8 Å². The standard InChI is InChI=1S/C8H13ClN4O/c1-6(2)13(3-4-14)7-5-10-12-8(9)11-7/h5-6,14H,3-4H2,1-2H3. The Morgan fingerprint density at radius 1 is 1.57 bits per heavy atom. The minimum atomic E-state index is 0.0692. The summed E-state index contributed by atoms with van der Waals surface area (Å²) in [5.41, 5.74) is 0. The molecule has 0 radical (unpaired) electrons. The minimum absolute atomic E-state index is 0.0692. The average molecular weight is 217 g/mol. The first-order valence-corrected chi connectivity index (χ1v) is 4.75. The van der Waals surface area contributed by atoms with Gasteiger partial charge in [-0.25, -0.2) is 0 Å². The largest absolute Gasteiger partial charge is 0.395 e. The first-order chi connectivity index (χ1) is 6.65. The van der Waals surface area contributed by atoms with E-state index in [4.69, 9.17) is 16.7 Å². The van der Waals surface area contributed by atoms with E-state index in [-0.39, 0.29) is 17.9 Å². The van der Waals surface area contributed by atoms with E-state index in [1.165, 1.54) is 6.20 Å². The number of aliphatic hydroxyl groups is 1. The molecule has 0 saturated carbocycles. The molecule has 0 aliphatic carbocycles. The third-order valence-electron chi connectivity index (χ3n) is 1.78. The van der Waals surface area contributed by atoms with Crippen LogP contribution in [-0.4, -0.2) is 39.5 Å². The summed E-state index contributed by atoms with van der Waals surface area (Å²) in [7, 11) is 0. The zero-order chi connectivity index (χ0) is 10.6. The summed E-state index contributed by atoms with van der Waals surface area (Å²) in [6, 6.07) is 0.231. The molecule has 1 aromatic rings. The van der Waals surface area contributed by atoms with Gasteiger partial charge in [0, 0.05) is 12.6 Å². The Labute approximate surface area is 87.7 Å². The van der Waals surface area contributed by atoms with E-state index in [1.54, 1.807) is 0 Å². The van der Waals surface area contributed by atoms with Crippen molar-refractivity contribution < 1.29 is 5.11 Å². The number of rotatable bonds is 4. The van der Waals surface area contributed by atoms with Gasteiger partial charge in [-0.15, -0.1) is 5.10 Å². The predicted molar refractivity (Wildman–Crippen MR) is 54.4 cm³/mol. The molecular weight excluding hydrogens is 204 g/mol. The Hall–Kier alpha value is -0.940. The lowest BCUT2D eigenvalue weighted by molar-refractivity contribution is 0.298. The topological polar surface area (TPSA) is 62.1 Å². The van der Waals surface area contributed by atoms with Gasteiger partial charge in [0.25, 0.3) is 0 Å². The van der Waals surface area contributed by atoms with Gasteiger partial charge in [0.2, 0.25) is 5.28 Å². The zero-order valence-electron chi connectivity index (χ0n) is 8.18. The second-order valence-corrected chi connectivity index (χ2v) is 3.43. The summed E-state index contributed by atoms with van der Waals surface area (Å²) in [6.07, 6.45) is 1.53. The van der Waals surface area contributed by atoms with Crippen molar-refractivity contribution >= 4 is 17.4 Å². The van der Waals surface area contributed by atoms with Gasteiger partial charge in [-0.3, -0.25) is 0 Å². The molecule has 1 aromatic heterocycles. The smallest absolute Gasteiger partial charge is 0.244 e. The summed E-state index contributed by atoms with van der Waals surface area (Å²) >= 11 is 5.62. The van der Waals surface area contributed by atoms with Crippen LogP contribution in [0.25, 0.3) is 0 Å². The van der Waals surface area contributed by atoms with Crippen molar-refractivity contribution in [1.82, 2.24) is 15.2 Å². The van der Waals surface area contributed by atoms with Crippen LogP contribution in [0.2, 0.25) is 5.28 Å². The molecule has 0 unspecified atom stereocenters. The molecule has 1 heterocycles. The maximum absolute atomic E-state index is 8.88. The van der Waals surface area contributed by atoms with Gasteiger partial charge in [-0.2, -0.15) is 10.1 Å². The van der Waals surface area contributed by atoms with Crippen LogP contribution >= 0.6 is 11.6 Å². The number of hydrogen-bond acceptors (Lipinski definition) is 5. The quantitative estimate of drug-likeness (QED) is 0.804. The molecule has 14 heavy (non-hydrogen) atoms. The fourth-order valence-electron chi connectivity index (χ4n) is 1.16. The summed E-state index contributed by atoms with van der Waals surface area (Å²) in [5, 5.41) is 16.3. The highest BCUT2D eigenvalue weighted by Gasteiger charge is 2.12. The maximum atomic E-state index is 8.88. The average Bonchev–Trinajstić information content (AvgIpc) is 2.13. The van der Waals surface area contributed by atoms with E-state index in [1.807, 2.05) is 18.7 Å². The minimum Gasteiger partial charge on any atom is -0.395 e. The molecule has 1 N–H and O–H groups in total. The number of nitrogens with zero attached hydrogens (tertiary/aromatic N) is 4. The van der Waals surface area contributed by atoms with Crippen LogP contribution in [0.3, 0.4) is 0 Å². The molecule has 0 fully saturated rings. The van der Waals surface area contributed by atoms with Crippen LogP contribution in [0.4, 0.5) is 5.82 Å². The number of hydrogen-bond donors (Lipinski definition) is 1. The first kappa shape index (κ1) is 11.1. The summed E-state index contributed by atoms with van der Waals surface area (Å²) in [6.45, 7) is 4.59. The van der Waals surface area contributed by atoms with Gasteiger partial charge in [-0.05, 0) is 25.4 Å². The monoisotopic (exact) mass is 216 g/mol. The molecule has 0 atom stereocenters. The van der Waals surface area contributed by atoms with Crippen molar-refractivity contribution in [1.29, 1.82) is 0 Å². The molecule has 5 nitrogen and oxygen atoms in total. The number of aromatic nitrogens is 3. The molecule has 0 spiro atoms. The Balaban J connectivity index is 2.87. The van der Waals surface area contributed by atoms with E-state index >= 15 is 0 Å². The normalized spacial score (nSPS) is 10.6. The van der Waals surface area contributed by atoms with E-state index in [9.17, 15) is 0 Å². The van der Waals surface area contributed by atoms with Gasteiger partial charge in [0.15, 0.2) is 5.82 Å². The molecule has 0 saturated heterocycles. The Morgan fingerprint density at radius 2 is 2.29 bits per heavy atom. The van der Waals surface area contributed by atoms with Gasteiger partial charge in [-0.1, -0.05) is 0 Å². The molecule has 1 rings (SSSR count). The van der Waals surface area contributed by atoms with Crippen LogP contribution in [0.15, 0.2) is 6.20 Å². The lowest BCUT2D eigenvalue weighted by Crippen LogP contribution is -2.34. The van der Waals surface area contributed by atoms with E-state index in [2.05, 4.69) is 15.2 Å². The number of halogens is 1. The molecule has 78 valence electrons. The maximum Gasteiger partial charge on any atom is 0.244 e. The van der Waals surface area contributed by atoms with Crippen molar-refractivity contribution in [2.45, 2.75) is 19.9 Å². The zero-order valence-corrected chi connectivity index (χ0v) is 8.94. The molecule has 0 amide bonds. The molecule has 0 aliphatic rings. The molecule has 0 aromatic carbocycles. The molecule has 6 heteroatoms. The highest BCUT2D eigenvalue weighted by Crippen LogP contribution is 2.13. The van der Waals surface area contributed by atoms with Crippen LogP contribution in [0, 0.1) is 0 Å². The van der Waals surface area contributed by atoms with Crippen LogP contribution < -0.4 is 4.90 Å². The number of aliphatic hydroxyl groups excluding tert-OH is 1. The van der Waals surface area contributed by atoms with Crippen molar-refractivity contribution in [2.75, 3.05) is 18.1 Å². The number of anilines is 1. The van der Waals surface area contributed by atoms with Gasteiger partial charge in [0.05, 0.1) is 12.8 Å². The van der Waals surface area contributed by atoms with Crippen molar-refractivity contribution in [3.05, 3.63) is 11.5 Å². The first-order valence-electron chi connectivity index (χ1n) is 4.38. The van der Waals surface area contributed by atoms with Crippen LogP contribution in [0.5, 0.6) is 0 Å².